The van der Waals surface area contributed by atoms with E-state index < -0.39 is 0 Å². The minimum atomic E-state index is -0.285. The van der Waals surface area contributed by atoms with E-state index in [1.165, 1.54) is 0 Å². The number of nitrogens with zero attached hydrogens (tertiary/aromatic N) is 2. The first-order valence-corrected chi connectivity index (χ1v) is 5.80. The molecule has 6 heteroatoms. The van der Waals surface area contributed by atoms with Crippen LogP contribution in [-0.4, -0.2) is 10.2 Å². The molecule has 0 aliphatic rings. The van der Waals surface area contributed by atoms with Crippen molar-refractivity contribution in [2.75, 3.05) is 0 Å². The molecule has 0 amide bonds. The lowest BCUT2D eigenvalue weighted by Crippen LogP contribution is -2.04. The van der Waals surface area contributed by atoms with Gasteiger partial charge in [-0.3, -0.25) is 0 Å². The van der Waals surface area contributed by atoms with E-state index >= 15 is 0 Å². The standard InChI is InChI=1S/C10H9BrClN3O/c1-5(13)9-14-15-10(16-9)6-3-2-4-7(11)8(6)12/h2-5H,13H2,1H3. The van der Waals surface area contributed by atoms with Gasteiger partial charge in [-0.2, -0.15) is 0 Å². The molecule has 0 fully saturated rings. The van der Waals surface area contributed by atoms with E-state index in [0.29, 0.717) is 22.4 Å². The van der Waals surface area contributed by atoms with Crippen molar-refractivity contribution in [3.8, 4) is 11.5 Å². The zero-order valence-corrected chi connectivity index (χ0v) is 10.8. The Morgan fingerprint density at radius 2 is 2.19 bits per heavy atom. The van der Waals surface area contributed by atoms with E-state index in [1.54, 1.807) is 6.92 Å². The molecule has 0 aliphatic heterocycles. The lowest BCUT2D eigenvalue weighted by atomic mass is 10.2. The van der Waals surface area contributed by atoms with Crippen LogP contribution in [0.25, 0.3) is 11.5 Å². The van der Waals surface area contributed by atoms with Crippen molar-refractivity contribution in [3.05, 3.63) is 33.6 Å². The molecule has 4 nitrogen and oxygen atoms in total. The number of halogens is 2. The number of rotatable bonds is 2. The van der Waals surface area contributed by atoms with Crippen molar-refractivity contribution < 1.29 is 4.42 Å². The lowest BCUT2D eigenvalue weighted by molar-refractivity contribution is 0.473. The minimum Gasteiger partial charge on any atom is -0.419 e. The summed E-state index contributed by atoms with van der Waals surface area (Å²) in [6, 6.07) is 5.22. The highest BCUT2D eigenvalue weighted by molar-refractivity contribution is 9.10. The Morgan fingerprint density at radius 1 is 1.44 bits per heavy atom. The second-order valence-electron chi connectivity index (χ2n) is 3.34. The van der Waals surface area contributed by atoms with E-state index in [4.69, 9.17) is 21.8 Å². The first-order chi connectivity index (χ1) is 7.59. The van der Waals surface area contributed by atoms with Crippen LogP contribution in [-0.2, 0) is 0 Å². The Labute approximate surface area is 106 Å². The van der Waals surface area contributed by atoms with Crippen molar-refractivity contribution in [2.24, 2.45) is 5.73 Å². The zero-order chi connectivity index (χ0) is 11.7. The highest BCUT2D eigenvalue weighted by Gasteiger charge is 2.15. The van der Waals surface area contributed by atoms with Crippen molar-refractivity contribution in [3.63, 3.8) is 0 Å². The van der Waals surface area contributed by atoms with Crippen LogP contribution in [0.3, 0.4) is 0 Å². The molecule has 1 heterocycles. The van der Waals surface area contributed by atoms with Gasteiger partial charge in [0.25, 0.3) is 0 Å². The maximum Gasteiger partial charge on any atom is 0.249 e. The van der Waals surface area contributed by atoms with Gasteiger partial charge < -0.3 is 10.2 Å². The Bertz CT molecular complexity index is 513. The van der Waals surface area contributed by atoms with Gasteiger partial charge in [0.1, 0.15) is 0 Å². The average Bonchev–Trinajstić information content (AvgIpc) is 2.71. The Morgan fingerprint density at radius 3 is 2.81 bits per heavy atom. The fourth-order valence-electron chi connectivity index (χ4n) is 1.20. The molecule has 0 spiro atoms. The Kier molecular flexibility index (Phi) is 3.28. The van der Waals surface area contributed by atoms with E-state index in [1.807, 2.05) is 18.2 Å². The fourth-order valence-corrected chi connectivity index (χ4v) is 1.77. The van der Waals surface area contributed by atoms with E-state index in [9.17, 15) is 0 Å². The van der Waals surface area contributed by atoms with Gasteiger partial charge in [0, 0.05) is 4.47 Å². The Hall–Kier alpha value is -0.910. The maximum atomic E-state index is 6.11. The third-order valence-corrected chi connectivity index (χ3v) is 3.31. The second-order valence-corrected chi connectivity index (χ2v) is 4.57. The Balaban J connectivity index is 2.47. The van der Waals surface area contributed by atoms with Gasteiger partial charge in [0.15, 0.2) is 0 Å². The molecule has 1 atom stereocenters. The average molecular weight is 303 g/mol. The molecule has 1 unspecified atom stereocenters. The van der Waals surface area contributed by atoms with Crippen LogP contribution in [0.5, 0.6) is 0 Å². The van der Waals surface area contributed by atoms with Crippen LogP contribution < -0.4 is 5.73 Å². The monoisotopic (exact) mass is 301 g/mol. The third kappa shape index (κ3) is 2.11. The summed E-state index contributed by atoms with van der Waals surface area (Å²) in [5.41, 5.74) is 6.32. The van der Waals surface area contributed by atoms with Crippen LogP contribution >= 0.6 is 27.5 Å². The van der Waals surface area contributed by atoms with Crippen LogP contribution in [0.15, 0.2) is 27.1 Å². The molecular weight excluding hydrogens is 293 g/mol. The molecule has 1 aromatic heterocycles. The molecule has 2 rings (SSSR count). The van der Waals surface area contributed by atoms with Crippen LogP contribution in [0.4, 0.5) is 0 Å². The van der Waals surface area contributed by atoms with Gasteiger partial charge in [-0.1, -0.05) is 17.7 Å². The van der Waals surface area contributed by atoms with Crippen molar-refractivity contribution >= 4 is 27.5 Å². The van der Waals surface area contributed by atoms with Gasteiger partial charge in [-0.25, -0.2) is 0 Å². The number of hydrogen-bond acceptors (Lipinski definition) is 4. The summed E-state index contributed by atoms with van der Waals surface area (Å²) in [6.45, 7) is 1.78. The number of benzene rings is 1. The largest absolute Gasteiger partial charge is 0.419 e. The van der Waals surface area contributed by atoms with Crippen molar-refractivity contribution in [1.29, 1.82) is 0 Å². The molecule has 0 radical (unpaired) electrons. The van der Waals surface area contributed by atoms with E-state index in [2.05, 4.69) is 26.1 Å². The van der Waals surface area contributed by atoms with Crippen LogP contribution in [0.2, 0.25) is 5.02 Å². The summed E-state index contributed by atoms with van der Waals surface area (Å²) in [7, 11) is 0. The lowest BCUT2D eigenvalue weighted by Gasteiger charge is -2.00. The molecular formula is C10H9BrClN3O. The van der Waals surface area contributed by atoms with E-state index in [-0.39, 0.29) is 6.04 Å². The van der Waals surface area contributed by atoms with Gasteiger partial charge in [-0.05, 0) is 35.0 Å². The molecule has 0 saturated carbocycles. The maximum absolute atomic E-state index is 6.11. The highest BCUT2D eigenvalue weighted by Crippen LogP contribution is 2.33. The molecule has 2 N–H and O–H groups in total. The van der Waals surface area contributed by atoms with E-state index in [0.717, 1.165) is 4.47 Å². The van der Waals surface area contributed by atoms with Gasteiger partial charge >= 0.3 is 0 Å². The third-order valence-electron chi connectivity index (χ3n) is 2.01. The smallest absolute Gasteiger partial charge is 0.249 e. The quantitative estimate of drug-likeness (QED) is 0.925. The number of aromatic nitrogens is 2. The predicted octanol–water partition coefficient (Wildman–Crippen LogP) is 3.17. The molecule has 1 aromatic carbocycles. The van der Waals surface area contributed by atoms with Gasteiger partial charge in [-0.15, -0.1) is 10.2 Å². The summed E-state index contributed by atoms with van der Waals surface area (Å²) in [6.07, 6.45) is 0. The molecule has 16 heavy (non-hydrogen) atoms. The van der Waals surface area contributed by atoms with Crippen molar-refractivity contribution in [1.82, 2.24) is 10.2 Å². The molecule has 84 valence electrons. The second kappa shape index (κ2) is 4.53. The molecule has 2 aromatic rings. The van der Waals surface area contributed by atoms with Gasteiger partial charge in [0.05, 0.1) is 16.6 Å². The minimum absolute atomic E-state index is 0.285. The molecule has 0 bridgehead atoms. The summed E-state index contributed by atoms with van der Waals surface area (Å²) >= 11 is 9.44. The first-order valence-electron chi connectivity index (χ1n) is 4.63. The highest BCUT2D eigenvalue weighted by atomic mass is 79.9. The molecule has 0 aliphatic carbocycles. The van der Waals surface area contributed by atoms with Crippen LogP contribution in [0, 0.1) is 0 Å². The van der Waals surface area contributed by atoms with Crippen LogP contribution in [0.1, 0.15) is 18.9 Å². The number of nitrogens with two attached hydrogens (primary N) is 1. The summed E-state index contributed by atoms with van der Waals surface area (Å²) < 4.78 is 6.20. The normalized spacial score (nSPS) is 12.8. The molecule has 0 saturated heterocycles. The fraction of sp³-hybridized carbons (Fsp3) is 0.200. The first kappa shape index (κ1) is 11.6. The predicted molar refractivity (Wildman–Crippen MR) is 65.0 cm³/mol. The summed E-state index contributed by atoms with van der Waals surface area (Å²) in [5, 5.41) is 8.30. The topological polar surface area (TPSA) is 64.9 Å². The van der Waals surface area contributed by atoms with Gasteiger partial charge in [0.2, 0.25) is 11.8 Å². The summed E-state index contributed by atoms with van der Waals surface area (Å²) in [5.74, 6) is 0.768. The SMILES string of the molecule is CC(N)c1nnc(-c2cccc(Br)c2Cl)o1. The van der Waals surface area contributed by atoms with Crippen molar-refractivity contribution in [2.45, 2.75) is 13.0 Å². The summed E-state index contributed by atoms with van der Waals surface area (Å²) in [4.78, 5) is 0. The number of hydrogen-bond donors (Lipinski definition) is 1. The zero-order valence-electron chi connectivity index (χ0n) is 8.45.